The van der Waals surface area contributed by atoms with Gasteiger partial charge in [0.1, 0.15) is 0 Å². The van der Waals surface area contributed by atoms with Crippen LogP contribution in [-0.2, 0) is 18.5 Å². The van der Waals surface area contributed by atoms with E-state index in [1.54, 1.807) is 7.05 Å². The molecular formula is C21H31ClN6O. The summed E-state index contributed by atoms with van der Waals surface area (Å²) in [7, 11) is 1.78. The van der Waals surface area contributed by atoms with Gasteiger partial charge in [-0.15, -0.1) is 0 Å². The number of piperidine rings is 1. The van der Waals surface area contributed by atoms with E-state index in [1.807, 2.05) is 12.1 Å². The summed E-state index contributed by atoms with van der Waals surface area (Å²) in [5.74, 6) is 2.05. The normalized spacial score (nSPS) is 16.8. The minimum atomic E-state index is -0.148. The number of hydrogen-bond donors (Lipinski definition) is 2. The number of guanidine groups is 1. The summed E-state index contributed by atoms with van der Waals surface area (Å²) in [6.45, 7) is 9.71. The van der Waals surface area contributed by atoms with Crippen LogP contribution in [0.5, 0.6) is 0 Å². The van der Waals surface area contributed by atoms with Crippen LogP contribution < -0.4 is 10.6 Å². The number of hydrogen-bond acceptors (Lipinski definition) is 5. The third-order valence-electron chi connectivity index (χ3n) is 5.00. The maximum Gasteiger partial charge on any atom is 0.232 e. The van der Waals surface area contributed by atoms with Gasteiger partial charge < -0.3 is 15.2 Å². The van der Waals surface area contributed by atoms with Gasteiger partial charge in [0.2, 0.25) is 5.89 Å². The molecule has 1 aromatic carbocycles. The van der Waals surface area contributed by atoms with E-state index in [9.17, 15) is 0 Å². The maximum atomic E-state index is 5.97. The lowest BCUT2D eigenvalue weighted by Crippen LogP contribution is -2.48. The molecule has 1 saturated heterocycles. The molecule has 1 aliphatic heterocycles. The average Bonchev–Trinajstić information content (AvgIpc) is 3.18. The van der Waals surface area contributed by atoms with Crippen LogP contribution in [0.25, 0.3) is 0 Å². The van der Waals surface area contributed by atoms with E-state index in [0.29, 0.717) is 24.3 Å². The van der Waals surface area contributed by atoms with Crippen molar-refractivity contribution in [1.82, 2.24) is 25.7 Å². The molecular weight excluding hydrogens is 388 g/mol. The highest BCUT2D eigenvalue weighted by molar-refractivity contribution is 6.30. The Morgan fingerprint density at radius 3 is 2.52 bits per heavy atom. The van der Waals surface area contributed by atoms with Gasteiger partial charge in [-0.05, 0) is 30.5 Å². The first-order valence-corrected chi connectivity index (χ1v) is 10.5. The monoisotopic (exact) mass is 418 g/mol. The van der Waals surface area contributed by atoms with Gasteiger partial charge in [-0.2, -0.15) is 4.98 Å². The predicted octanol–water partition coefficient (Wildman–Crippen LogP) is 3.35. The molecule has 158 valence electrons. The molecule has 0 bridgehead atoms. The summed E-state index contributed by atoms with van der Waals surface area (Å²) >= 11 is 5.97. The van der Waals surface area contributed by atoms with Gasteiger partial charge in [-0.25, -0.2) is 0 Å². The fraction of sp³-hybridized carbons (Fsp3) is 0.571. The van der Waals surface area contributed by atoms with Gasteiger partial charge in [-0.1, -0.05) is 49.7 Å². The molecule has 0 amide bonds. The van der Waals surface area contributed by atoms with Crippen LogP contribution in [0.1, 0.15) is 50.9 Å². The Kier molecular flexibility index (Phi) is 7.14. The smallest absolute Gasteiger partial charge is 0.232 e. The second-order valence-corrected chi connectivity index (χ2v) is 8.95. The molecule has 0 atom stereocenters. The fourth-order valence-corrected chi connectivity index (χ4v) is 3.39. The number of nitrogens with one attached hydrogen (secondary N) is 2. The van der Waals surface area contributed by atoms with Crippen molar-refractivity contribution in [2.24, 2.45) is 4.99 Å². The number of benzene rings is 1. The van der Waals surface area contributed by atoms with Crippen LogP contribution in [0.2, 0.25) is 5.02 Å². The van der Waals surface area contributed by atoms with E-state index < -0.39 is 0 Å². The largest absolute Gasteiger partial charge is 0.354 e. The SMILES string of the molecule is CN=C(NCc1noc(C(C)(C)C)n1)NC1CCN(Cc2ccc(Cl)cc2)CC1. The molecule has 1 aliphatic rings. The zero-order chi connectivity index (χ0) is 20.9. The van der Waals surface area contributed by atoms with E-state index in [0.717, 1.165) is 43.5 Å². The molecule has 0 unspecified atom stereocenters. The fourth-order valence-electron chi connectivity index (χ4n) is 3.26. The summed E-state index contributed by atoms with van der Waals surface area (Å²) in [4.78, 5) is 11.3. The summed E-state index contributed by atoms with van der Waals surface area (Å²) in [5, 5.41) is 11.6. The highest BCUT2D eigenvalue weighted by Gasteiger charge is 2.22. The molecule has 0 saturated carbocycles. The van der Waals surface area contributed by atoms with Gasteiger partial charge in [0.25, 0.3) is 0 Å². The third kappa shape index (κ3) is 6.44. The Morgan fingerprint density at radius 1 is 1.24 bits per heavy atom. The van der Waals surface area contributed by atoms with Crippen molar-refractivity contribution in [3.63, 3.8) is 0 Å². The van der Waals surface area contributed by atoms with Crippen LogP contribution in [0.4, 0.5) is 0 Å². The van der Waals surface area contributed by atoms with Crippen molar-refractivity contribution in [3.05, 3.63) is 46.6 Å². The van der Waals surface area contributed by atoms with Crippen LogP contribution >= 0.6 is 11.6 Å². The van der Waals surface area contributed by atoms with Crippen molar-refractivity contribution in [2.45, 2.75) is 58.2 Å². The van der Waals surface area contributed by atoms with E-state index in [4.69, 9.17) is 16.1 Å². The first-order chi connectivity index (χ1) is 13.8. The minimum Gasteiger partial charge on any atom is -0.354 e. The molecule has 8 heteroatoms. The first kappa shape index (κ1) is 21.6. The molecule has 2 heterocycles. The van der Waals surface area contributed by atoms with E-state index in [1.165, 1.54) is 5.56 Å². The highest BCUT2D eigenvalue weighted by atomic mass is 35.5. The maximum absolute atomic E-state index is 5.97. The average molecular weight is 419 g/mol. The van der Waals surface area contributed by atoms with Crippen LogP contribution in [-0.4, -0.2) is 47.2 Å². The number of rotatable bonds is 5. The Balaban J connectivity index is 1.42. The van der Waals surface area contributed by atoms with Crippen molar-refractivity contribution < 1.29 is 4.52 Å². The van der Waals surface area contributed by atoms with Crippen LogP contribution in [0.15, 0.2) is 33.8 Å². The van der Waals surface area contributed by atoms with E-state index >= 15 is 0 Å². The summed E-state index contributed by atoms with van der Waals surface area (Å²) in [6.07, 6.45) is 2.15. The van der Waals surface area contributed by atoms with Gasteiger partial charge >= 0.3 is 0 Å². The lowest BCUT2D eigenvalue weighted by atomic mass is 9.97. The number of aromatic nitrogens is 2. The minimum absolute atomic E-state index is 0.148. The van der Waals surface area contributed by atoms with Gasteiger partial charge in [0.15, 0.2) is 11.8 Å². The standard InChI is InChI=1S/C21H31ClN6O/c1-21(2,3)19-26-18(27-29-19)13-24-20(23-4)25-17-9-11-28(12-10-17)14-15-5-7-16(22)8-6-15/h5-8,17H,9-14H2,1-4H3,(H2,23,24,25). The summed E-state index contributed by atoms with van der Waals surface area (Å²) in [6, 6.07) is 8.51. The molecule has 2 N–H and O–H groups in total. The highest BCUT2D eigenvalue weighted by Crippen LogP contribution is 2.19. The molecule has 2 aromatic rings. The molecule has 1 fully saturated rings. The van der Waals surface area contributed by atoms with Gasteiger partial charge in [0, 0.05) is 43.2 Å². The molecule has 3 rings (SSSR count). The van der Waals surface area contributed by atoms with Gasteiger partial charge in [-0.3, -0.25) is 9.89 Å². The third-order valence-corrected chi connectivity index (χ3v) is 5.25. The molecule has 0 radical (unpaired) electrons. The number of halogens is 1. The van der Waals surface area contributed by atoms with Crippen molar-refractivity contribution in [3.8, 4) is 0 Å². The molecule has 0 aliphatic carbocycles. The molecule has 29 heavy (non-hydrogen) atoms. The Morgan fingerprint density at radius 2 is 1.93 bits per heavy atom. The first-order valence-electron chi connectivity index (χ1n) is 10.1. The van der Waals surface area contributed by atoms with E-state index in [-0.39, 0.29) is 5.41 Å². The van der Waals surface area contributed by atoms with Crippen molar-refractivity contribution >= 4 is 17.6 Å². The Labute approximate surface area is 177 Å². The summed E-state index contributed by atoms with van der Waals surface area (Å²) < 4.78 is 5.34. The van der Waals surface area contributed by atoms with Gasteiger partial charge in [0.05, 0.1) is 6.54 Å². The summed E-state index contributed by atoms with van der Waals surface area (Å²) in [5.41, 5.74) is 1.15. The molecule has 1 aromatic heterocycles. The Hall–Kier alpha value is -2.12. The quantitative estimate of drug-likeness (QED) is 0.572. The van der Waals surface area contributed by atoms with Crippen LogP contribution in [0.3, 0.4) is 0 Å². The Bertz CT molecular complexity index is 803. The lowest BCUT2D eigenvalue weighted by Gasteiger charge is -2.33. The lowest BCUT2D eigenvalue weighted by molar-refractivity contribution is 0.198. The molecule has 7 nitrogen and oxygen atoms in total. The molecule has 0 spiro atoms. The zero-order valence-electron chi connectivity index (χ0n) is 17.7. The van der Waals surface area contributed by atoms with Crippen molar-refractivity contribution in [1.29, 1.82) is 0 Å². The number of likely N-dealkylation sites (tertiary alicyclic amines) is 1. The second-order valence-electron chi connectivity index (χ2n) is 8.51. The number of nitrogens with zero attached hydrogens (tertiary/aromatic N) is 4. The predicted molar refractivity (Wildman–Crippen MR) is 116 cm³/mol. The zero-order valence-corrected chi connectivity index (χ0v) is 18.5. The van der Waals surface area contributed by atoms with E-state index in [2.05, 4.69) is 63.6 Å². The van der Waals surface area contributed by atoms with Crippen LogP contribution in [0, 0.1) is 0 Å². The number of aliphatic imine (C=N–C) groups is 1. The second kappa shape index (κ2) is 9.59. The van der Waals surface area contributed by atoms with Crippen molar-refractivity contribution in [2.75, 3.05) is 20.1 Å². The topological polar surface area (TPSA) is 78.6 Å².